The zero-order valence-corrected chi connectivity index (χ0v) is 16.8. The lowest BCUT2D eigenvalue weighted by Crippen LogP contribution is -2.41. The molecule has 6 rings (SSSR count). The van der Waals surface area contributed by atoms with Gasteiger partial charge in [0.15, 0.2) is 5.69 Å². The van der Waals surface area contributed by atoms with Crippen LogP contribution in [0.1, 0.15) is 39.4 Å². The predicted octanol–water partition coefficient (Wildman–Crippen LogP) is 2.07. The minimum absolute atomic E-state index is 0.149. The number of hydrogen-bond acceptors (Lipinski definition) is 7. The quantitative estimate of drug-likeness (QED) is 0.445. The summed E-state index contributed by atoms with van der Waals surface area (Å²) in [5, 5.41) is 19.2. The number of aromatic nitrogens is 8. The van der Waals surface area contributed by atoms with Crippen molar-refractivity contribution in [2.45, 2.75) is 19.4 Å². The molecule has 160 valence electrons. The third-order valence-corrected chi connectivity index (χ3v) is 5.58. The molecule has 32 heavy (non-hydrogen) atoms. The summed E-state index contributed by atoms with van der Waals surface area (Å²) in [6.45, 7) is 2.21. The van der Waals surface area contributed by atoms with Gasteiger partial charge in [-0.3, -0.25) is 9.89 Å². The molecule has 1 unspecified atom stereocenters. The van der Waals surface area contributed by atoms with Crippen LogP contribution in [0, 0.1) is 12.7 Å². The summed E-state index contributed by atoms with van der Waals surface area (Å²) in [6, 6.07) is 3.91. The van der Waals surface area contributed by atoms with Crippen molar-refractivity contribution in [3.8, 4) is 11.6 Å². The van der Waals surface area contributed by atoms with Gasteiger partial charge in [0.05, 0.1) is 17.7 Å². The van der Waals surface area contributed by atoms with Crippen LogP contribution in [0.2, 0.25) is 0 Å². The van der Waals surface area contributed by atoms with Crippen molar-refractivity contribution >= 4 is 11.4 Å². The highest BCUT2D eigenvalue weighted by molar-refractivity contribution is 5.90. The molecule has 11 nitrogen and oxygen atoms in total. The monoisotopic (exact) mass is 433 g/mol. The molecule has 5 aromatic rings. The van der Waals surface area contributed by atoms with Crippen LogP contribution >= 0.6 is 0 Å². The Kier molecular flexibility index (Phi) is 3.93. The van der Waals surface area contributed by atoms with Gasteiger partial charge >= 0.3 is 11.8 Å². The Balaban J connectivity index is 1.42. The molecule has 1 aliphatic heterocycles. The second-order valence-corrected chi connectivity index (χ2v) is 7.50. The summed E-state index contributed by atoms with van der Waals surface area (Å²) in [6.07, 6.45) is 5.49. The molecule has 0 fully saturated rings. The number of nitrogens with zero attached hydrogens (tertiary/aromatic N) is 7. The third-order valence-electron chi connectivity index (χ3n) is 5.58. The summed E-state index contributed by atoms with van der Waals surface area (Å²) in [4.78, 5) is 22.5. The molecule has 0 bridgehead atoms. The molecule has 5 aromatic heterocycles. The lowest BCUT2D eigenvalue weighted by atomic mass is 9.99. The van der Waals surface area contributed by atoms with Crippen LogP contribution in [0.5, 0.6) is 0 Å². The van der Waals surface area contributed by atoms with Gasteiger partial charge in [0.25, 0.3) is 5.89 Å². The molecular weight excluding hydrogens is 417 g/mol. The topological polar surface area (TPSA) is 134 Å². The number of H-pyrrole nitrogens is 2. The fraction of sp³-hybridized carbons (Fsp3) is 0.200. The van der Waals surface area contributed by atoms with Crippen molar-refractivity contribution < 1.29 is 13.6 Å². The number of fused-ring (bicyclic) bond motifs is 2. The van der Waals surface area contributed by atoms with Crippen LogP contribution in [0.25, 0.3) is 17.1 Å². The molecule has 0 saturated carbocycles. The largest absolute Gasteiger partial charge is 0.411 e. The van der Waals surface area contributed by atoms with E-state index < -0.39 is 17.8 Å². The first-order valence-electron chi connectivity index (χ1n) is 9.91. The highest BCUT2D eigenvalue weighted by atomic mass is 19.1. The van der Waals surface area contributed by atoms with E-state index in [0.717, 1.165) is 11.3 Å². The van der Waals surface area contributed by atoms with E-state index in [1.165, 1.54) is 10.6 Å². The second kappa shape index (κ2) is 6.83. The van der Waals surface area contributed by atoms with Crippen LogP contribution in [0.4, 0.5) is 4.39 Å². The zero-order valence-electron chi connectivity index (χ0n) is 16.8. The molecule has 6 heterocycles. The summed E-state index contributed by atoms with van der Waals surface area (Å²) < 4.78 is 21.4. The van der Waals surface area contributed by atoms with E-state index in [-0.39, 0.29) is 11.8 Å². The fourth-order valence-electron chi connectivity index (χ4n) is 4.02. The molecule has 0 radical (unpaired) electrons. The molecule has 1 aliphatic rings. The van der Waals surface area contributed by atoms with Crippen molar-refractivity contribution in [3.63, 3.8) is 0 Å². The number of aromatic amines is 2. The average Bonchev–Trinajstić information content (AvgIpc) is 3.57. The molecule has 12 heteroatoms. The van der Waals surface area contributed by atoms with Gasteiger partial charge in [0.2, 0.25) is 0 Å². The highest BCUT2D eigenvalue weighted by Gasteiger charge is 2.38. The lowest BCUT2D eigenvalue weighted by molar-refractivity contribution is 0.0646. The van der Waals surface area contributed by atoms with Gasteiger partial charge in [-0.1, -0.05) is 0 Å². The number of nitrogens with one attached hydrogen (secondary N) is 2. The maximum Gasteiger partial charge on any atom is 0.312 e. The second-order valence-electron chi connectivity index (χ2n) is 7.50. The van der Waals surface area contributed by atoms with Crippen LogP contribution in [0.15, 0.2) is 41.3 Å². The third kappa shape index (κ3) is 2.72. The fourth-order valence-corrected chi connectivity index (χ4v) is 4.02. The predicted molar refractivity (Wildman–Crippen MR) is 107 cm³/mol. The Hall–Kier alpha value is -4.35. The number of carbonyl (C=O) groups excluding carboxylic acids is 1. The Labute approximate surface area is 179 Å². The van der Waals surface area contributed by atoms with Gasteiger partial charge in [-0.2, -0.15) is 10.2 Å². The molecule has 0 spiro atoms. The van der Waals surface area contributed by atoms with E-state index in [2.05, 4.69) is 35.5 Å². The standard InChI is InChI=1S/C20H16FN9O2/c1-10-8-24-25-15(10)18-26-27-19(32-18)20(31)29-6-4-12-16(23-9-22-12)17(29)13-7-14-11(21)3-2-5-30(14)28-13/h2-3,5,7-9,17H,4,6H2,1H3,(H,22,23)(H,24,25). The molecule has 1 amide bonds. The summed E-state index contributed by atoms with van der Waals surface area (Å²) in [7, 11) is 0. The van der Waals surface area contributed by atoms with Gasteiger partial charge in [-0.25, -0.2) is 13.9 Å². The van der Waals surface area contributed by atoms with Crippen molar-refractivity contribution in [3.05, 3.63) is 71.3 Å². The Morgan fingerprint density at radius 3 is 3.06 bits per heavy atom. The van der Waals surface area contributed by atoms with Gasteiger partial charge in [-0.15, -0.1) is 10.2 Å². The normalized spacial score (nSPS) is 15.9. The molecular formula is C20H16FN9O2. The number of aryl methyl sites for hydroxylation is 1. The van der Waals surface area contributed by atoms with Gasteiger partial charge in [0, 0.05) is 31.1 Å². The van der Waals surface area contributed by atoms with Crippen LogP contribution < -0.4 is 0 Å². The van der Waals surface area contributed by atoms with E-state index in [9.17, 15) is 9.18 Å². The maximum atomic E-state index is 14.3. The molecule has 1 atom stereocenters. The van der Waals surface area contributed by atoms with E-state index in [4.69, 9.17) is 4.42 Å². The maximum absolute atomic E-state index is 14.3. The van der Waals surface area contributed by atoms with E-state index in [1.54, 1.807) is 35.8 Å². The summed E-state index contributed by atoms with van der Waals surface area (Å²) in [5.74, 6) is -0.886. The smallest absolute Gasteiger partial charge is 0.312 e. The number of amides is 1. The molecule has 0 aliphatic carbocycles. The Morgan fingerprint density at radius 2 is 2.25 bits per heavy atom. The van der Waals surface area contributed by atoms with Gasteiger partial charge < -0.3 is 14.3 Å². The zero-order chi connectivity index (χ0) is 21.8. The van der Waals surface area contributed by atoms with Gasteiger partial charge in [-0.05, 0) is 30.7 Å². The number of rotatable bonds is 3. The SMILES string of the molecule is Cc1c[nH]nc1-c1nnc(C(=O)N2CCc3[nH]cnc3C2c2cc3c(F)cccn3n2)o1. The molecule has 0 saturated heterocycles. The Bertz CT molecular complexity index is 1460. The number of hydrogen-bond donors (Lipinski definition) is 2. The van der Waals surface area contributed by atoms with Crippen molar-refractivity contribution in [2.75, 3.05) is 6.54 Å². The van der Waals surface area contributed by atoms with Crippen LogP contribution in [-0.4, -0.2) is 57.3 Å². The number of halogens is 1. The van der Waals surface area contributed by atoms with E-state index in [0.29, 0.717) is 35.6 Å². The lowest BCUT2D eigenvalue weighted by Gasteiger charge is -2.32. The molecule has 2 N–H and O–H groups in total. The highest BCUT2D eigenvalue weighted by Crippen LogP contribution is 2.34. The van der Waals surface area contributed by atoms with Crippen molar-refractivity contribution in [2.24, 2.45) is 0 Å². The Morgan fingerprint density at radius 1 is 1.34 bits per heavy atom. The first-order chi connectivity index (χ1) is 15.6. The first-order valence-corrected chi connectivity index (χ1v) is 9.91. The summed E-state index contributed by atoms with van der Waals surface area (Å²) >= 11 is 0. The van der Waals surface area contributed by atoms with Crippen LogP contribution in [0.3, 0.4) is 0 Å². The minimum atomic E-state index is -0.640. The number of carbonyl (C=O) groups is 1. The average molecular weight is 433 g/mol. The summed E-state index contributed by atoms with van der Waals surface area (Å²) in [5.41, 5.74) is 3.64. The van der Waals surface area contributed by atoms with Crippen molar-refractivity contribution in [1.29, 1.82) is 0 Å². The van der Waals surface area contributed by atoms with E-state index in [1.807, 2.05) is 6.92 Å². The minimum Gasteiger partial charge on any atom is -0.411 e. The number of imidazole rings is 1. The first kappa shape index (κ1) is 18.4. The van der Waals surface area contributed by atoms with Crippen LogP contribution in [-0.2, 0) is 6.42 Å². The molecule has 0 aromatic carbocycles. The van der Waals surface area contributed by atoms with Gasteiger partial charge in [0.1, 0.15) is 17.4 Å². The van der Waals surface area contributed by atoms with E-state index >= 15 is 0 Å². The van der Waals surface area contributed by atoms with Crippen molar-refractivity contribution in [1.82, 2.24) is 44.9 Å². The number of pyridine rings is 1.